The molecule has 0 atom stereocenters. The summed E-state index contributed by atoms with van der Waals surface area (Å²) < 4.78 is 0. The van der Waals surface area contributed by atoms with Crippen molar-refractivity contribution in [2.75, 3.05) is 36.8 Å². The molecule has 0 bridgehead atoms. The second-order valence-electron chi connectivity index (χ2n) is 6.66. The summed E-state index contributed by atoms with van der Waals surface area (Å²) in [6, 6.07) is 11.5. The maximum Gasteiger partial charge on any atom is 0.173 e. The molecule has 1 aliphatic rings. The summed E-state index contributed by atoms with van der Waals surface area (Å²) in [7, 11) is 0. The summed E-state index contributed by atoms with van der Waals surface area (Å²) in [5.41, 5.74) is 3.86. The highest BCUT2D eigenvalue weighted by Gasteiger charge is 2.21. The molecule has 148 valence electrons. The molecule has 0 aliphatic carbocycles. The largest absolute Gasteiger partial charge is 0.345 e. The van der Waals surface area contributed by atoms with Crippen LogP contribution < -0.4 is 10.6 Å². The van der Waals surface area contributed by atoms with Crippen molar-refractivity contribution in [1.29, 1.82) is 0 Å². The Labute approximate surface area is 186 Å². The van der Waals surface area contributed by atoms with Crippen LogP contribution in [0.4, 0.5) is 11.4 Å². The number of halogens is 2. The summed E-state index contributed by atoms with van der Waals surface area (Å²) >= 11 is 23.6. The highest BCUT2D eigenvalue weighted by atomic mass is 35.5. The molecule has 28 heavy (non-hydrogen) atoms. The van der Waals surface area contributed by atoms with Gasteiger partial charge in [-0.05, 0) is 73.7 Å². The fourth-order valence-electron chi connectivity index (χ4n) is 2.99. The van der Waals surface area contributed by atoms with E-state index in [1.807, 2.05) is 50.2 Å². The summed E-state index contributed by atoms with van der Waals surface area (Å²) in [5.74, 6) is 0. The maximum absolute atomic E-state index is 6.19. The van der Waals surface area contributed by atoms with Gasteiger partial charge < -0.3 is 20.4 Å². The van der Waals surface area contributed by atoms with E-state index in [-0.39, 0.29) is 0 Å². The topological polar surface area (TPSA) is 30.5 Å². The number of benzene rings is 2. The lowest BCUT2D eigenvalue weighted by atomic mass is 10.2. The van der Waals surface area contributed by atoms with Crippen LogP contribution in [0.3, 0.4) is 0 Å². The van der Waals surface area contributed by atoms with Gasteiger partial charge in [0.25, 0.3) is 0 Å². The van der Waals surface area contributed by atoms with E-state index >= 15 is 0 Å². The number of rotatable bonds is 2. The van der Waals surface area contributed by atoms with E-state index in [2.05, 4.69) is 20.4 Å². The van der Waals surface area contributed by atoms with Crippen molar-refractivity contribution in [1.82, 2.24) is 9.80 Å². The standard InChI is InChI=1S/C20H22Cl2N4S2/c1-13-15(21)5-3-7-17(13)23-19(27)25-9-11-26(12-10-25)20(28)24-18-8-4-6-16(22)14(18)2/h3-8H,9-12H2,1-2H3,(H,23,27)(H,24,28). The predicted octanol–water partition coefficient (Wildman–Crippen LogP) is 5.32. The van der Waals surface area contributed by atoms with Crippen molar-refractivity contribution in [3.8, 4) is 0 Å². The fourth-order valence-corrected chi connectivity index (χ4v) is 3.92. The van der Waals surface area contributed by atoms with Crippen LogP contribution in [0.1, 0.15) is 11.1 Å². The van der Waals surface area contributed by atoms with Crippen LogP contribution in [0.5, 0.6) is 0 Å². The van der Waals surface area contributed by atoms with Gasteiger partial charge in [-0.1, -0.05) is 35.3 Å². The summed E-state index contributed by atoms with van der Waals surface area (Å²) in [6.45, 7) is 7.13. The number of anilines is 2. The average molecular weight is 453 g/mol. The molecule has 0 amide bonds. The van der Waals surface area contributed by atoms with Gasteiger partial charge in [-0.25, -0.2) is 0 Å². The van der Waals surface area contributed by atoms with Crippen LogP contribution in [0.2, 0.25) is 10.0 Å². The van der Waals surface area contributed by atoms with Crippen LogP contribution in [0, 0.1) is 13.8 Å². The minimum atomic E-state index is 0.703. The van der Waals surface area contributed by atoms with E-state index < -0.39 is 0 Å². The number of nitrogens with zero attached hydrogens (tertiary/aromatic N) is 2. The van der Waals surface area contributed by atoms with Crippen molar-refractivity contribution < 1.29 is 0 Å². The Bertz CT molecular complexity index is 822. The monoisotopic (exact) mass is 452 g/mol. The van der Waals surface area contributed by atoms with Crippen LogP contribution >= 0.6 is 47.6 Å². The Kier molecular flexibility index (Phi) is 6.99. The lowest BCUT2D eigenvalue weighted by molar-refractivity contribution is 0.264. The van der Waals surface area contributed by atoms with E-state index in [1.54, 1.807) is 0 Å². The van der Waals surface area contributed by atoms with Crippen LogP contribution in [-0.2, 0) is 0 Å². The van der Waals surface area contributed by atoms with Crippen LogP contribution in [0.15, 0.2) is 36.4 Å². The van der Waals surface area contributed by atoms with E-state index in [0.717, 1.165) is 58.7 Å². The number of hydrogen-bond donors (Lipinski definition) is 2. The predicted molar refractivity (Wildman–Crippen MR) is 128 cm³/mol. The Morgan fingerprint density at radius 2 is 1.11 bits per heavy atom. The number of nitrogens with one attached hydrogen (secondary N) is 2. The Balaban J connectivity index is 1.55. The smallest absolute Gasteiger partial charge is 0.173 e. The lowest BCUT2D eigenvalue weighted by Gasteiger charge is -2.37. The van der Waals surface area contributed by atoms with Gasteiger partial charge in [-0.3, -0.25) is 0 Å². The van der Waals surface area contributed by atoms with Gasteiger partial charge in [0.2, 0.25) is 0 Å². The second kappa shape index (κ2) is 9.27. The normalized spacial score (nSPS) is 14.0. The van der Waals surface area contributed by atoms with E-state index in [1.165, 1.54) is 0 Å². The molecule has 0 radical (unpaired) electrons. The Hall–Kier alpha value is -1.60. The van der Waals surface area contributed by atoms with Gasteiger partial charge in [-0.2, -0.15) is 0 Å². The van der Waals surface area contributed by atoms with Gasteiger partial charge in [0.05, 0.1) is 0 Å². The summed E-state index contributed by atoms with van der Waals surface area (Å²) in [5, 5.41) is 9.48. The molecule has 8 heteroatoms. The van der Waals surface area contributed by atoms with E-state index in [0.29, 0.717) is 10.2 Å². The van der Waals surface area contributed by atoms with Gasteiger partial charge in [0.1, 0.15) is 0 Å². The molecule has 0 aromatic heterocycles. The summed E-state index contributed by atoms with van der Waals surface area (Å²) in [6.07, 6.45) is 0. The van der Waals surface area contributed by atoms with Crippen molar-refractivity contribution in [2.45, 2.75) is 13.8 Å². The molecule has 1 aliphatic heterocycles. The van der Waals surface area contributed by atoms with Crippen molar-refractivity contribution >= 4 is 69.2 Å². The third-order valence-corrected chi connectivity index (χ3v) is 6.41. The van der Waals surface area contributed by atoms with Gasteiger partial charge >= 0.3 is 0 Å². The van der Waals surface area contributed by atoms with Gasteiger partial charge in [0, 0.05) is 47.6 Å². The first-order valence-electron chi connectivity index (χ1n) is 8.99. The first-order chi connectivity index (χ1) is 13.4. The SMILES string of the molecule is Cc1c(Cl)cccc1NC(=S)N1CCN(C(=S)Nc2cccc(Cl)c2C)CC1. The first-order valence-corrected chi connectivity index (χ1v) is 10.6. The lowest BCUT2D eigenvalue weighted by Crippen LogP contribution is -2.52. The average Bonchev–Trinajstić information content (AvgIpc) is 2.69. The molecule has 2 N–H and O–H groups in total. The molecule has 1 saturated heterocycles. The quantitative estimate of drug-likeness (QED) is 0.599. The molecule has 2 aromatic rings. The molecule has 0 unspecified atom stereocenters. The minimum absolute atomic E-state index is 0.703. The third-order valence-electron chi connectivity index (χ3n) is 4.87. The van der Waals surface area contributed by atoms with Crippen LogP contribution in [0.25, 0.3) is 0 Å². The summed E-state index contributed by atoms with van der Waals surface area (Å²) in [4.78, 5) is 4.30. The van der Waals surface area contributed by atoms with Crippen molar-refractivity contribution in [3.63, 3.8) is 0 Å². The Morgan fingerprint density at radius 1 is 0.750 bits per heavy atom. The van der Waals surface area contributed by atoms with Crippen molar-refractivity contribution in [2.24, 2.45) is 0 Å². The highest BCUT2D eigenvalue weighted by molar-refractivity contribution is 7.80. The Morgan fingerprint density at radius 3 is 1.46 bits per heavy atom. The molecule has 3 rings (SSSR count). The van der Waals surface area contributed by atoms with E-state index in [4.69, 9.17) is 47.6 Å². The zero-order valence-electron chi connectivity index (χ0n) is 15.8. The minimum Gasteiger partial charge on any atom is -0.345 e. The van der Waals surface area contributed by atoms with Crippen LogP contribution in [-0.4, -0.2) is 46.2 Å². The van der Waals surface area contributed by atoms with Crippen molar-refractivity contribution in [3.05, 3.63) is 57.6 Å². The second-order valence-corrected chi connectivity index (χ2v) is 8.25. The molecule has 0 saturated carbocycles. The molecule has 2 aromatic carbocycles. The number of piperazine rings is 1. The van der Waals surface area contributed by atoms with Gasteiger partial charge in [-0.15, -0.1) is 0 Å². The zero-order valence-corrected chi connectivity index (χ0v) is 18.9. The number of hydrogen-bond acceptors (Lipinski definition) is 2. The highest BCUT2D eigenvalue weighted by Crippen LogP contribution is 2.24. The first kappa shape index (κ1) is 21.1. The zero-order chi connectivity index (χ0) is 20.3. The molecule has 1 fully saturated rings. The molecule has 0 spiro atoms. The molecule has 4 nitrogen and oxygen atoms in total. The third kappa shape index (κ3) is 4.87. The van der Waals surface area contributed by atoms with E-state index in [9.17, 15) is 0 Å². The fraction of sp³-hybridized carbons (Fsp3) is 0.300. The molecular formula is C20H22Cl2N4S2. The molecule has 1 heterocycles. The maximum atomic E-state index is 6.19. The number of thiocarbonyl (C=S) groups is 2. The van der Waals surface area contributed by atoms with Gasteiger partial charge in [0.15, 0.2) is 10.2 Å². The molecular weight excluding hydrogens is 431 g/mol.